The average molecular weight is 915 g/mol. The molecule has 0 unspecified atom stereocenters. The number of benzene rings is 10. The van der Waals surface area contributed by atoms with Crippen LogP contribution in [0.5, 0.6) is 0 Å². The Bertz CT molecular complexity index is 3980. The largest absolute Gasteiger partial charge is 0.309 e. The maximum Gasteiger partial charge on any atom is 0.0541 e. The molecule has 0 N–H and O–H groups in total. The number of para-hydroxylation sites is 2. The molecule has 13 rings (SSSR count). The number of nitrogens with zero attached hydrogens (tertiary/aromatic N) is 1. The SMILES string of the molecule is Brc1cc(-c2cccc(-c3cccc(-c4ccc5c(c4)c4ccccc4n5-c4ccccc4)c3)c2)cc(-c2ccc(-c3ccc4sc5ccccc5c4c3)c3c2sc2ccccc23)c1. The quantitative estimate of drug-likeness (QED) is 0.157. The minimum atomic E-state index is 1.06. The maximum absolute atomic E-state index is 3.94. The van der Waals surface area contributed by atoms with Crippen LogP contribution >= 0.6 is 38.6 Å². The van der Waals surface area contributed by atoms with E-state index >= 15 is 0 Å². The lowest BCUT2D eigenvalue weighted by Crippen LogP contribution is -1.92. The molecule has 0 radical (unpaired) electrons. The normalized spacial score (nSPS) is 11.8. The minimum absolute atomic E-state index is 1.06. The number of rotatable bonds is 6. The predicted molar refractivity (Wildman–Crippen MR) is 281 cm³/mol. The number of thiophene rings is 2. The molecule has 300 valence electrons. The van der Waals surface area contributed by atoms with Crippen molar-refractivity contribution in [3.8, 4) is 61.3 Å². The van der Waals surface area contributed by atoms with Crippen molar-refractivity contribution in [1.82, 2.24) is 4.57 Å². The number of hydrogen-bond acceptors (Lipinski definition) is 2. The van der Waals surface area contributed by atoms with Gasteiger partial charge in [0.05, 0.1) is 11.0 Å². The molecule has 0 aliphatic rings. The van der Waals surface area contributed by atoms with E-state index in [1.54, 1.807) is 0 Å². The van der Waals surface area contributed by atoms with Crippen molar-refractivity contribution < 1.29 is 0 Å². The first-order chi connectivity index (χ1) is 31.6. The molecule has 3 aromatic heterocycles. The third-order valence-electron chi connectivity index (χ3n) is 12.8. The third kappa shape index (κ3) is 6.17. The van der Waals surface area contributed by atoms with Crippen LogP contribution in [0.4, 0.5) is 0 Å². The molecule has 13 aromatic rings. The van der Waals surface area contributed by atoms with Gasteiger partial charge in [-0.3, -0.25) is 0 Å². The van der Waals surface area contributed by atoms with Crippen molar-refractivity contribution in [2.45, 2.75) is 0 Å². The zero-order chi connectivity index (χ0) is 42.3. The molecule has 64 heavy (non-hydrogen) atoms. The molecule has 0 bridgehead atoms. The van der Waals surface area contributed by atoms with Gasteiger partial charge in [0, 0.05) is 61.3 Å². The molecular formula is C60H36BrNS2. The topological polar surface area (TPSA) is 4.93 Å². The summed E-state index contributed by atoms with van der Waals surface area (Å²) >= 11 is 7.71. The lowest BCUT2D eigenvalue weighted by molar-refractivity contribution is 1.18. The summed E-state index contributed by atoms with van der Waals surface area (Å²) in [5, 5.41) is 7.79. The fourth-order valence-electron chi connectivity index (χ4n) is 9.87. The molecular weight excluding hydrogens is 879 g/mol. The lowest BCUT2D eigenvalue weighted by atomic mass is 9.92. The van der Waals surface area contributed by atoms with Crippen LogP contribution in [-0.2, 0) is 0 Å². The highest BCUT2D eigenvalue weighted by molar-refractivity contribution is 9.10. The van der Waals surface area contributed by atoms with Gasteiger partial charge in [-0.2, -0.15) is 0 Å². The van der Waals surface area contributed by atoms with Crippen molar-refractivity contribution in [3.05, 3.63) is 223 Å². The van der Waals surface area contributed by atoms with Gasteiger partial charge >= 0.3 is 0 Å². The Morgan fingerprint density at radius 2 is 0.859 bits per heavy atom. The van der Waals surface area contributed by atoms with Gasteiger partial charge < -0.3 is 4.57 Å². The molecule has 0 fully saturated rings. The van der Waals surface area contributed by atoms with Gasteiger partial charge in [-0.05, 0) is 141 Å². The van der Waals surface area contributed by atoms with Gasteiger partial charge in [-0.1, -0.05) is 149 Å². The first-order valence-electron chi connectivity index (χ1n) is 21.6. The van der Waals surface area contributed by atoms with Gasteiger partial charge in [0.15, 0.2) is 0 Å². The van der Waals surface area contributed by atoms with Crippen LogP contribution < -0.4 is 0 Å². The minimum Gasteiger partial charge on any atom is -0.309 e. The van der Waals surface area contributed by atoms with E-state index in [0.717, 1.165) is 4.47 Å². The second-order valence-electron chi connectivity index (χ2n) is 16.6. The Morgan fingerprint density at radius 3 is 1.64 bits per heavy atom. The highest BCUT2D eigenvalue weighted by Gasteiger charge is 2.18. The number of halogens is 1. The summed E-state index contributed by atoms with van der Waals surface area (Å²) in [6.07, 6.45) is 0. The molecule has 4 heteroatoms. The van der Waals surface area contributed by atoms with Crippen LogP contribution in [0.3, 0.4) is 0 Å². The summed E-state index contributed by atoms with van der Waals surface area (Å²) in [6.45, 7) is 0. The second kappa shape index (κ2) is 15.0. The van der Waals surface area contributed by atoms with E-state index in [2.05, 4.69) is 239 Å². The third-order valence-corrected chi connectivity index (χ3v) is 15.6. The Morgan fingerprint density at radius 1 is 0.312 bits per heavy atom. The van der Waals surface area contributed by atoms with Crippen molar-refractivity contribution >= 4 is 101 Å². The van der Waals surface area contributed by atoms with E-state index in [1.807, 2.05) is 22.7 Å². The van der Waals surface area contributed by atoms with Crippen LogP contribution in [0.25, 0.3) is 123 Å². The first-order valence-corrected chi connectivity index (χ1v) is 24.0. The highest BCUT2D eigenvalue weighted by atomic mass is 79.9. The summed E-state index contributed by atoms with van der Waals surface area (Å²) in [6, 6.07) is 80.5. The van der Waals surface area contributed by atoms with Crippen molar-refractivity contribution in [2.75, 3.05) is 0 Å². The number of hydrogen-bond donors (Lipinski definition) is 0. The van der Waals surface area contributed by atoms with Gasteiger partial charge in [0.25, 0.3) is 0 Å². The number of fused-ring (bicyclic) bond motifs is 9. The highest BCUT2D eigenvalue weighted by Crippen LogP contribution is 2.47. The zero-order valence-electron chi connectivity index (χ0n) is 34.4. The van der Waals surface area contributed by atoms with Crippen LogP contribution in [0.2, 0.25) is 0 Å². The lowest BCUT2D eigenvalue weighted by Gasteiger charge is -2.13. The standard InChI is InChI=1S/C60H36BrNS2/c61-45-33-43(32-44(34-45)48-27-26-47(59-51-20-6-9-23-57(51)64-60(48)59)42-25-29-58-53(36-42)50-19-5-8-22-56(50)63-58)40-15-11-13-38(31-40)37-12-10-14-39(30-37)41-24-28-55-52(35-41)49-18-4-7-21-54(49)62(55)46-16-2-1-3-17-46/h1-36H. The fourth-order valence-corrected chi connectivity index (χ4v) is 12.7. The van der Waals surface area contributed by atoms with E-state index in [1.165, 1.54) is 123 Å². The first kappa shape index (κ1) is 37.5. The van der Waals surface area contributed by atoms with E-state index in [-0.39, 0.29) is 0 Å². The number of aromatic nitrogens is 1. The zero-order valence-corrected chi connectivity index (χ0v) is 37.6. The molecule has 0 spiro atoms. The molecule has 0 amide bonds. The molecule has 0 saturated heterocycles. The van der Waals surface area contributed by atoms with Crippen LogP contribution in [0.1, 0.15) is 0 Å². The van der Waals surface area contributed by atoms with Crippen molar-refractivity contribution in [1.29, 1.82) is 0 Å². The molecule has 0 atom stereocenters. The van der Waals surface area contributed by atoms with E-state index < -0.39 is 0 Å². The summed E-state index contributed by atoms with van der Waals surface area (Å²) in [5.74, 6) is 0. The Labute approximate surface area is 386 Å². The van der Waals surface area contributed by atoms with Crippen molar-refractivity contribution in [2.24, 2.45) is 0 Å². The second-order valence-corrected chi connectivity index (χ2v) is 19.6. The maximum atomic E-state index is 3.94. The monoisotopic (exact) mass is 913 g/mol. The molecule has 0 saturated carbocycles. The predicted octanol–water partition coefficient (Wildman–Crippen LogP) is 18.6. The van der Waals surface area contributed by atoms with Gasteiger partial charge in [0.1, 0.15) is 0 Å². The average Bonchev–Trinajstić information content (AvgIpc) is 4.03. The van der Waals surface area contributed by atoms with Gasteiger partial charge in [0.2, 0.25) is 0 Å². The summed E-state index contributed by atoms with van der Waals surface area (Å²) in [5.41, 5.74) is 15.7. The molecule has 0 aliphatic carbocycles. The van der Waals surface area contributed by atoms with Gasteiger partial charge in [-0.15, -0.1) is 22.7 Å². The molecule has 1 nitrogen and oxygen atoms in total. The fraction of sp³-hybridized carbons (Fsp3) is 0. The van der Waals surface area contributed by atoms with E-state index in [0.29, 0.717) is 0 Å². The smallest absolute Gasteiger partial charge is 0.0541 e. The summed E-state index contributed by atoms with van der Waals surface area (Å²) in [7, 11) is 0. The Kier molecular flexibility index (Phi) is 8.80. The Balaban J connectivity index is 0.883. The van der Waals surface area contributed by atoms with Crippen LogP contribution in [-0.4, -0.2) is 4.57 Å². The Hall–Kier alpha value is -7.08. The van der Waals surface area contributed by atoms with Gasteiger partial charge in [-0.25, -0.2) is 0 Å². The van der Waals surface area contributed by atoms with E-state index in [9.17, 15) is 0 Å². The van der Waals surface area contributed by atoms with E-state index in [4.69, 9.17) is 0 Å². The summed E-state index contributed by atoms with van der Waals surface area (Å²) in [4.78, 5) is 0. The van der Waals surface area contributed by atoms with Crippen molar-refractivity contribution in [3.63, 3.8) is 0 Å². The molecule has 3 heterocycles. The molecule has 0 aliphatic heterocycles. The van der Waals surface area contributed by atoms with Crippen LogP contribution in [0.15, 0.2) is 223 Å². The molecule has 10 aromatic carbocycles. The van der Waals surface area contributed by atoms with Crippen LogP contribution in [0, 0.1) is 0 Å². The summed E-state index contributed by atoms with van der Waals surface area (Å²) < 4.78 is 8.71.